The molecule has 0 saturated carbocycles. The first kappa shape index (κ1) is 13.5. The summed E-state index contributed by atoms with van der Waals surface area (Å²) in [5.41, 5.74) is 0.554. The van der Waals surface area contributed by atoms with Crippen LogP contribution in [0, 0.1) is 11.3 Å². The predicted octanol–water partition coefficient (Wildman–Crippen LogP) is 2.09. The minimum absolute atomic E-state index is 0.0829. The second kappa shape index (κ2) is 4.75. The van der Waals surface area contributed by atoms with E-state index < -0.39 is 26.7 Å². The number of rotatable bonds is 3. The standard InChI is InChI=1S/C10H8F3NO2S/c11-10(12,13)7-17(15,16)9-3-1-8(2-4-9)5-6-14/h1-4H,5,7H2. The minimum Gasteiger partial charge on any atom is -0.223 e. The fourth-order valence-electron chi connectivity index (χ4n) is 1.20. The molecule has 0 saturated heterocycles. The lowest BCUT2D eigenvalue weighted by Gasteiger charge is -2.07. The van der Waals surface area contributed by atoms with E-state index in [9.17, 15) is 21.6 Å². The molecule has 0 spiro atoms. The molecule has 0 aromatic heterocycles. The van der Waals surface area contributed by atoms with Crippen molar-refractivity contribution in [2.45, 2.75) is 17.5 Å². The summed E-state index contributed by atoms with van der Waals surface area (Å²) in [7, 11) is -4.36. The minimum atomic E-state index is -4.76. The van der Waals surface area contributed by atoms with E-state index in [0.29, 0.717) is 5.56 Å². The monoisotopic (exact) mass is 263 g/mol. The highest BCUT2D eigenvalue weighted by Gasteiger charge is 2.35. The van der Waals surface area contributed by atoms with Crippen LogP contribution in [0.5, 0.6) is 0 Å². The van der Waals surface area contributed by atoms with Crippen molar-refractivity contribution >= 4 is 9.84 Å². The van der Waals surface area contributed by atoms with E-state index in [-0.39, 0.29) is 6.42 Å². The number of benzene rings is 1. The molecular formula is C10H8F3NO2S. The molecule has 1 aromatic rings. The summed E-state index contributed by atoms with van der Waals surface area (Å²) in [6, 6.07) is 6.66. The second-order valence-electron chi connectivity index (χ2n) is 3.35. The number of sulfone groups is 1. The summed E-state index contributed by atoms with van der Waals surface area (Å²) in [6.07, 6.45) is -4.68. The van der Waals surface area contributed by atoms with E-state index in [2.05, 4.69) is 0 Å². The quantitative estimate of drug-likeness (QED) is 0.839. The summed E-state index contributed by atoms with van der Waals surface area (Å²) in [5.74, 6) is -1.88. The zero-order valence-corrected chi connectivity index (χ0v) is 9.35. The lowest BCUT2D eigenvalue weighted by molar-refractivity contribution is -0.106. The Morgan fingerprint density at radius 1 is 1.18 bits per heavy atom. The van der Waals surface area contributed by atoms with E-state index in [4.69, 9.17) is 5.26 Å². The maximum atomic E-state index is 12.0. The van der Waals surface area contributed by atoms with Crippen molar-refractivity contribution in [1.29, 1.82) is 5.26 Å². The summed E-state index contributed by atoms with van der Waals surface area (Å²) < 4.78 is 58.7. The van der Waals surface area contributed by atoms with Crippen LogP contribution in [0.3, 0.4) is 0 Å². The molecule has 1 rings (SSSR count). The molecule has 0 bridgehead atoms. The summed E-state index contributed by atoms with van der Waals surface area (Å²) in [4.78, 5) is -0.392. The molecule has 3 nitrogen and oxygen atoms in total. The molecule has 0 aliphatic heterocycles. The summed E-state index contributed by atoms with van der Waals surface area (Å²) in [6.45, 7) is 0. The SMILES string of the molecule is N#CCc1ccc(S(=O)(=O)CC(F)(F)F)cc1. The van der Waals surface area contributed by atoms with E-state index in [1.54, 1.807) is 0 Å². The molecule has 0 aliphatic carbocycles. The molecule has 0 aliphatic rings. The fourth-order valence-corrected chi connectivity index (χ4v) is 2.35. The Morgan fingerprint density at radius 2 is 1.71 bits per heavy atom. The zero-order valence-electron chi connectivity index (χ0n) is 8.53. The van der Waals surface area contributed by atoms with Gasteiger partial charge in [0.2, 0.25) is 0 Å². The van der Waals surface area contributed by atoms with Crippen molar-refractivity contribution < 1.29 is 21.6 Å². The van der Waals surface area contributed by atoms with Gasteiger partial charge in [-0.05, 0) is 17.7 Å². The maximum Gasteiger partial charge on any atom is 0.403 e. The van der Waals surface area contributed by atoms with Crippen LogP contribution in [0.15, 0.2) is 29.2 Å². The molecule has 0 atom stereocenters. The third-order valence-corrected chi connectivity index (χ3v) is 3.62. The van der Waals surface area contributed by atoms with E-state index >= 15 is 0 Å². The van der Waals surface area contributed by atoms with Gasteiger partial charge in [-0.2, -0.15) is 18.4 Å². The Hall–Kier alpha value is -1.55. The Morgan fingerprint density at radius 3 is 2.12 bits per heavy atom. The fraction of sp³-hybridized carbons (Fsp3) is 0.300. The van der Waals surface area contributed by atoms with Gasteiger partial charge in [-0.25, -0.2) is 8.42 Å². The van der Waals surface area contributed by atoms with E-state index in [0.717, 1.165) is 12.1 Å². The van der Waals surface area contributed by atoms with Crippen LogP contribution in [0.4, 0.5) is 13.2 Å². The van der Waals surface area contributed by atoms with Gasteiger partial charge >= 0.3 is 6.18 Å². The maximum absolute atomic E-state index is 12.0. The Labute approximate surface area is 96.4 Å². The molecule has 7 heteroatoms. The highest BCUT2D eigenvalue weighted by Crippen LogP contribution is 2.22. The molecule has 1 aromatic carbocycles. The van der Waals surface area contributed by atoms with E-state index in [1.165, 1.54) is 12.1 Å². The number of halogens is 3. The highest BCUT2D eigenvalue weighted by molar-refractivity contribution is 7.91. The number of hydrogen-bond acceptors (Lipinski definition) is 3. The van der Waals surface area contributed by atoms with Crippen molar-refractivity contribution in [3.05, 3.63) is 29.8 Å². The predicted molar refractivity (Wildman–Crippen MR) is 53.9 cm³/mol. The Kier molecular flexibility index (Phi) is 3.78. The van der Waals surface area contributed by atoms with Gasteiger partial charge in [0.05, 0.1) is 17.4 Å². The molecule has 0 heterocycles. The zero-order chi connectivity index (χ0) is 13.1. The lowest BCUT2D eigenvalue weighted by Crippen LogP contribution is -2.22. The summed E-state index contributed by atoms with van der Waals surface area (Å²) in [5, 5.41) is 8.38. The van der Waals surface area contributed by atoms with Crippen molar-refractivity contribution in [3.8, 4) is 6.07 Å². The molecular weight excluding hydrogens is 255 g/mol. The normalized spacial score (nSPS) is 12.1. The molecule has 0 fully saturated rings. The number of hydrogen-bond donors (Lipinski definition) is 0. The molecule has 0 unspecified atom stereocenters. The Bertz CT molecular complexity index is 526. The van der Waals surface area contributed by atoms with Gasteiger partial charge < -0.3 is 0 Å². The Balaban J connectivity index is 2.98. The van der Waals surface area contributed by atoms with Gasteiger partial charge in [-0.1, -0.05) is 12.1 Å². The molecule has 0 N–H and O–H groups in total. The number of nitriles is 1. The second-order valence-corrected chi connectivity index (χ2v) is 5.34. The van der Waals surface area contributed by atoms with Gasteiger partial charge in [-0.3, -0.25) is 0 Å². The van der Waals surface area contributed by atoms with E-state index in [1.807, 2.05) is 6.07 Å². The van der Waals surface area contributed by atoms with Crippen molar-refractivity contribution in [2.24, 2.45) is 0 Å². The molecule has 0 radical (unpaired) electrons. The van der Waals surface area contributed by atoms with Gasteiger partial charge in [0.1, 0.15) is 0 Å². The van der Waals surface area contributed by atoms with Gasteiger partial charge in [0.25, 0.3) is 0 Å². The summed E-state index contributed by atoms with van der Waals surface area (Å²) >= 11 is 0. The van der Waals surface area contributed by atoms with Gasteiger partial charge in [-0.15, -0.1) is 0 Å². The van der Waals surface area contributed by atoms with Crippen LogP contribution in [-0.2, 0) is 16.3 Å². The average molecular weight is 263 g/mol. The van der Waals surface area contributed by atoms with Gasteiger partial charge in [0.15, 0.2) is 15.6 Å². The van der Waals surface area contributed by atoms with Crippen molar-refractivity contribution in [2.75, 3.05) is 5.75 Å². The smallest absolute Gasteiger partial charge is 0.223 e. The van der Waals surface area contributed by atoms with Crippen molar-refractivity contribution in [3.63, 3.8) is 0 Å². The van der Waals surface area contributed by atoms with Crippen LogP contribution in [0.1, 0.15) is 5.56 Å². The van der Waals surface area contributed by atoms with Crippen LogP contribution in [0.25, 0.3) is 0 Å². The highest BCUT2D eigenvalue weighted by atomic mass is 32.2. The lowest BCUT2D eigenvalue weighted by atomic mass is 10.2. The average Bonchev–Trinajstić information content (AvgIpc) is 2.15. The first-order valence-corrected chi connectivity index (χ1v) is 6.15. The first-order chi connectivity index (χ1) is 7.74. The van der Waals surface area contributed by atoms with Gasteiger partial charge in [0, 0.05) is 0 Å². The number of nitrogens with zero attached hydrogens (tertiary/aromatic N) is 1. The molecule has 0 amide bonds. The third-order valence-electron chi connectivity index (χ3n) is 1.92. The van der Waals surface area contributed by atoms with Crippen LogP contribution in [-0.4, -0.2) is 20.3 Å². The van der Waals surface area contributed by atoms with Crippen molar-refractivity contribution in [1.82, 2.24) is 0 Å². The van der Waals surface area contributed by atoms with Crippen LogP contribution < -0.4 is 0 Å². The third kappa shape index (κ3) is 4.07. The molecule has 92 valence electrons. The number of alkyl halides is 3. The first-order valence-electron chi connectivity index (χ1n) is 4.50. The topological polar surface area (TPSA) is 57.9 Å². The molecule has 17 heavy (non-hydrogen) atoms. The largest absolute Gasteiger partial charge is 0.403 e. The van der Waals surface area contributed by atoms with Crippen LogP contribution in [0.2, 0.25) is 0 Å². The van der Waals surface area contributed by atoms with Crippen LogP contribution >= 0.6 is 0 Å².